The maximum atomic E-state index is 2.31. The zero-order chi connectivity index (χ0) is 7.98. The Kier molecular flexibility index (Phi) is 5.76. The summed E-state index contributed by atoms with van der Waals surface area (Å²) in [5.74, 6) is 2.25. The number of rotatable bonds is 3. The summed E-state index contributed by atoms with van der Waals surface area (Å²) in [5.41, 5.74) is 0. The first-order chi connectivity index (χ1) is 4.88. The Morgan fingerprint density at radius 2 is 1.70 bits per heavy atom. The normalized spacial score (nSPS) is 28.8. The molecule has 62 valence electrons. The van der Waals surface area contributed by atoms with E-state index < -0.39 is 0 Å². The van der Waals surface area contributed by atoms with Crippen LogP contribution in [-0.2, 0) is 0 Å². The van der Waals surface area contributed by atoms with Gasteiger partial charge in [-0.05, 0) is 18.3 Å². The molecular formula is C10H22. The van der Waals surface area contributed by atoms with Crippen molar-refractivity contribution < 1.29 is 0 Å². The molecule has 0 saturated heterocycles. The lowest BCUT2D eigenvalue weighted by atomic mass is 10.2. The van der Waals surface area contributed by atoms with Crippen molar-refractivity contribution in [2.45, 2.75) is 53.4 Å². The molecule has 1 rings (SSSR count). The highest BCUT2D eigenvalue weighted by Crippen LogP contribution is 2.43. The van der Waals surface area contributed by atoms with Crippen molar-refractivity contribution in [3.05, 3.63) is 0 Å². The van der Waals surface area contributed by atoms with Gasteiger partial charge in [0.2, 0.25) is 0 Å². The zero-order valence-electron chi connectivity index (χ0n) is 7.98. The number of hydrogen-bond acceptors (Lipinski definition) is 0. The average molecular weight is 142 g/mol. The van der Waals surface area contributed by atoms with E-state index in [1.165, 1.54) is 25.7 Å². The van der Waals surface area contributed by atoms with E-state index in [0.717, 1.165) is 11.8 Å². The van der Waals surface area contributed by atoms with Gasteiger partial charge in [0, 0.05) is 0 Å². The van der Waals surface area contributed by atoms with Crippen LogP contribution >= 0.6 is 0 Å². The second-order valence-corrected chi connectivity index (χ2v) is 2.95. The van der Waals surface area contributed by atoms with Gasteiger partial charge in [-0.2, -0.15) is 0 Å². The molecule has 1 aliphatic carbocycles. The molecule has 0 aromatic carbocycles. The Labute approximate surface area is 66.0 Å². The molecule has 1 fully saturated rings. The molecule has 2 atom stereocenters. The second-order valence-electron chi connectivity index (χ2n) is 2.95. The maximum absolute atomic E-state index is 2.31. The fourth-order valence-corrected chi connectivity index (χ4v) is 1.53. The van der Waals surface area contributed by atoms with Crippen molar-refractivity contribution in [3.63, 3.8) is 0 Å². The minimum absolute atomic E-state index is 1.12. The van der Waals surface area contributed by atoms with Crippen molar-refractivity contribution in [2.75, 3.05) is 0 Å². The molecule has 0 heteroatoms. The molecule has 0 radical (unpaired) electrons. The SMILES string of the molecule is CC.CCCC1CC1CC. The predicted molar refractivity (Wildman–Crippen MR) is 48.1 cm³/mol. The topological polar surface area (TPSA) is 0 Å². The smallest absolute Gasteiger partial charge is 0.0383 e. The largest absolute Gasteiger partial charge is 0.0683 e. The molecule has 1 saturated carbocycles. The third-order valence-corrected chi connectivity index (χ3v) is 2.25. The Morgan fingerprint density at radius 1 is 1.10 bits per heavy atom. The summed E-state index contributed by atoms with van der Waals surface area (Å²) in [6.45, 7) is 8.59. The van der Waals surface area contributed by atoms with Gasteiger partial charge in [0.15, 0.2) is 0 Å². The van der Waals surface area contributed by atoms with Crippen LogP contribution in [-0.4, -0.2) is 0 Å². The lowest BCUT2D eigenvalue weighted by Crippen LogP contribution is -1.77. The summed E-state index contributed by atoms with van der Waals surface area (Å²) in [4.78, 5) is 0. The summed E-state index contributed by atoms with van der Waals surface area (Å²) in [6, 6.07) is 0. The minimum Gasteiger partial charge on any atom is -0.0683 e. The third-order valence-electron chi connectivity index (χ3n) is 2.25. The minimum atomic E-state index is 1.12. The standard InChI is InChI=1S/C8H16.C2H6/c1-3-5-8-6-7(8)4-2;1-2/h7-8H,3-6H2,1-2H3;1-2H3. The van der Waals surface area contributed by atoms with Gasteiger partial charge in [-0.3, -0.25) is 0 Å². The van der Waals surface area contributed by atoms with Crippen LogP contribution < -0.4 is 0 Å². The molecule has 0 aromatic rings. The van der Waals surface area contributed by atoms with Crippen LogP contribution in [0.25, 0.3) is 0 Å². The van der Waals surface area contributed by atoms with E-state index in [4.69, 9.17) is 0 Å². The molecular weight excluding hydrogens is 120 g/mol. The summed E-state index contributed by atoms with van der Waals surface area (Å²) in [5, 5.41) is 0. The molecule has 10 heavy (non-hydrogen) atoms. The van der Waals surface area contributed by atoms with E-state index in [9.17, 15) is 0 Å². The van der Waals surface area contributed by atoms with Crippen molar-refractivity contribution in [2.24, 2.45) is 11.8 Å². The van der Waals surface area contributed by atoms with Crippen LogP contribution in [0.2, 0.25) is 0 Å². The van der Waals surface area contributed by atoms with E-state index >= 15 is 0 Å². The molecule has 2 unspecified atom stereocenters. The van der Waals surface area contributed by atoms with Crippen molar-refractivity contribution in [1.29, 1.82) is 0 Å². The highest BCUT2D eigenvalue weighted by molar-refractivity contribution is 4.83. The van der Waals surface area contributed by atoms with Crippen molar-refractivity contribution >= 4 is 0 Å². The van der Waals surface area contributed by atoms with Crippen molar-refractivity contribution in [1.82, 2.24) is 0 Å². The molecule has 0 aromatic heterocycles. The van der Waals surface area contributed by atoms with Crippen LogP contribution in [0.3, 0.4) is 0 Å². The lowest BCUT2D eigenvalue weighted by Gasteiger charge is -1.90. The van der Waals surface area contributed by atoms with E-state index in [0.29, 0.717) is 0 Å². The maximum Gasteiger partial charge on any atom is -0.0383 e. The van der Waals surface area contributed by atoms with E-state index in [1.807, 2.05) is 13.8 Å². The average Bonchev–Trinajstić information content (AvgIpc) is 2.73. The van der Waals surface area contributed by atoms with E-state index in [2.05, 4.69) is 13.8 Å². The van der Waals surface area contributed by atoms with Crippen LogP contribution in [0, 0.1) is 11.8 Å². The van der Waals surface area contributed by atoms with Crippen LogP contribution in [0.5, 0.6) is 0 Å². The summed E-state index contributed by atoms with van der Waals surface area (Å²) in [6.07, 6.45) is 5.83. The molecule has 0 nitrogen and oxygen atoms in total. The van der Waals surface area contributed by atoms with Crippen LogP contribution in [0.15, 0.2) is 0 Å². The molecule has 0 aliphatic heterocycles. The molecule has 0 bridgehead atoms. The van der Waals surface area contributed by atoms with Gasteiger partial charge in [-0.15, -0.1) is 0 Å². The van der Waals surface area contributed by atoms with Gasteiger partial charge in [0.25, 0.3) is 0 Å². The van der Waals surface area contributed by atoms with Crippen LogP contribution in [0.4, 0.5) is 0 Å². The number of hydrogen-bond donors (Lipinski definition) is 0. The van der Waals surface area contributed by atoms with E-state index in [1.54, 1.807) is 0 Å². The Bertz CT molecular complexity index is 66.4. The quantitative estimate of drug-likeness (QED) is 0.561. The summed E-state index contributed by atoms with van der Waals surface area (Å²) in [7, 11) is 0. The Balaban J connectivity index is 0.000000371. The second kappa shape index (κ2) is 5.76. The van der Waals surface area contributed by atoms with Gasteiger partial charge >= 0.3 is 0 Å². The first kappa shape index (κ1) is 10.0. The lowest BCUT2D eigenvalue weighted by molar-refractivity contribution is 0.621. The first-order valence-corrected chi connectivity index (χ1v) is 4.88. The highest BCUT2D eigenvalue weighted by Gasteiger charge is 2.33. The molecule has 1 aliphatic rings. The zero-order valence-corrected chi connectivity index (χ0v) is 7.98. The van der Waals surface area contributed by atoms with Gasteiger partial charge in [-0.1, -0.05) is 47.0 Å². The molecule has 0 spiro atoms. The molecule has 0 heterocycles. The first-order valence-electron chi connectivity index (χ1n) is 4.88. The van der Waals surface area contributed by atoms with Crippen LogP contribution in [0.1, 0.15) is 53.4 Å². The monoisotopic (exact) mass is 142 g/mol. The predicted octanol–water partition coefficient (Wildman–Crippen LogP) is 3.86. The van der Waals surface area contributed by atoms with Gasteiger partial charge < -0.3 is 0 Å². The highest BCUT2D eigenvalue weighted by atomic mass is 14.4. The van der Waals surface area contributed by atoms with Gasteiger partial charge in [-0.25, -0.2) is 0 Å². The summed E-state index contributed by atoms with van der Waals surface area (Å²) >= 11 is 0. The fraction of sp³-hybridized carbons (Fsp3) is 1.00. The third kappa shape index (κ3) is 3.24. The van der Waals surface area contributed by atoms with E-state index in [-0.39, 0.29) is 0 Å². The molecule has 0 amide bonds. The molecule has 0 N–H and O–H groups in total. The van der Waals surface area contributed by atoms with Gasteiger partial charge in [0.05, 0.1) is 0 Å². The Hall–Kier alpha value is 0. The van der Waals surface area contributed by atoms with Gasteiger partial charge in [0.1, 0.15) is 0 Å². The summed E-state index contributed by atoms with van der Waals surface area (Å²) < 4.78 is 0. The van der Waals surface area contributed by atoms with Crippen molar-refractivity contribution in [3.8, 4) is 0 Å². The Morgan fingerprint density at radius 3 is 2.00 bits per heavy atom. The fourth-order valence-electron chi connectivity index (χ4n) is 1.53.